The fraction of sp³-hybridized carbons (Fsp3) is 0.333. The lowest BCUT2D eigenvalue weighted by atomic mass is 9.94. The predicted octanol–water partition coefficient (Wildman–Crippen LogP) is 2.56. The second-order valence-electron chi connectivity index (χ2n) is 7.39. The number of nitrogens with zero attached hydrogens (tertiary/aromatic N) is 4. The van der Waals surface area contributed by atoms with Gasteiger partial charge < -0.3 is 19.5 Å². The van der Waals surface area contributed by atoms with Crippen LogP contribution in [0.2, 0.25) is 0 Å². The van der Waals surface area contributed by atoms with Crippen LogP contribution in [0, 0.1) is 0 Å². The summed E-state index contributed by atoms with van der Waals surface area (Å²) in [5.41, 5.74) is 2.89. The van der Waals surface area contributed by atoms with Crippen LogP contribution in [-0.4, -0.2) is 45.0 Å². The van der Waals surface area contributed by atoms with E-state index in [1.807, 2.05) is 24.3 Å². The van der Waals surface area contributed by atoms with E-state index < -0.39 is 0 Å². The standard InChI is InChI=1S/C21H22N6O3.ClH/c1-29-17-5-3-2-4-14(17)10-19-25-26-21(30-19)15-12-23-27-16(11-18(28)24-20(15)27)13-6-8-22-9-7-13;/h2-5,11-13,22H,6-10H2,1H3,(H,24,28);1H. The Morgan fingerprint density at radius 2 is 2.03 bits per heavy atom. The van der Waals surface area contributed by atoms with Crippen LogP contribution >= 0.6 is 12.4 Å². The summed E-state index contributed by atoms with van der Waals surface area (Å²) in [6.45, 7) is 1.87. The highest BCUT2D eigenvalue weighted by Crippen LogP contribution is 2.28. The number of aromatic amines is 1. The van der Waals surface area contributed by atoms with Crippen molar-refractivity contribution in [3.8, 4) is 17.2 Å². The number of para-hydroxylation sites is 1. The Bertz CT molecular complexity index is 1240. The smallest absolute Gasteiger partial charge is 0.253 e. The van der Waals surface area contributed by atoms with Crippen LogP contribution in [0.1, 0.15) is 35.9 Å². The van der Waals surface area contributed by atoms with E-state index in [1.54, 1.807) is 23.9 Å². The van der Waals surface area contributed by atoms with E-state index in [9.17, 15) is 4.79 Å². The Balaban J connectivity index is 0.00000231. The van der Waals surface area contributed by atoms with Gasteiger partial charge in [0.2, 0.25) is 5.89 Å². The Kier molecular flexibility index (Phi) is 6.06. The van der Waals surface area contributed by atoms with Crippen molar-refractivity contribution in [3.05, 3.63) is 64.0 Å². The van der Waals surface area contributed by atoms with Crippen LogP contribution in [0.15, 0.2) is 45.7 Å². The number of aromatic nitrogens is 5. The van der Waals surface area contributed by atoms with Crippen LogP contribution in [0.25, 0.3) is 17.1 Å². The van der Waals surface area contributed by atoms with Gasteiger partial charge >= 0.3 is 0 Å². The Morgan fingerprint density at radius 1 is 1.23 bits per heavy atom. The fourth-order valence-electron chi connectivity index (χ4n) is 4.02. The lowest BCUT2D eigenvalue weighted by molar-refractivity contribution is 0.408. The molecule has 0 bridgehead atoms. The third-order valence-corrected chi connectivity index (χ3v) is 5.52. The van der Waals surface area contributed by atoms with Crippen molar-refractivity contribution < 1.29 is 9.15 Å². The molecule has 162 valence electrons. The van der Waals surface area contributed by atoms with Gasteiger partial charge in [0.1, 0.15) is 17.0 Å². The largest absolute Gasteiger partial charge is 0.496 e. The third-order valence-electron chi connectivity index (χ3n) is 5.52. The zero-order chi connectivity index (χ0) is 20.5. The zero-order valence-corrected chi connectivity index (χ0v) is 17.8. The maximum Gasteiger partial charge on any atom is 0.253 e. The lowest BCUT2D eigenvalue weighted by Gasteiger charge is -2.23. The molecular weight excluding hydrogens is 420 g/mol. The van der Waals surface area contributed by atoms with Gasteiger partial charge in [-0.1, -0.05) is 18.2 Å². The molecule has 0 radical (unpaired) electrons. The first-order valence-electron chi connectivity index (χ1n) is 9.99. The summed E-state index contributed by atoms with van der Waals surface area (Å²) in [4.78, 5) is 15.2. The van der Waals surface area contributed by atoms with Crippen LogP contribution in [0.4, 0.5) is 0 Å². The molecule has 0 atom stereocenters. The molecule has 10 heteroatoms. The van der Waals surface area contributed by atoms with Gasteiger partial charge in [0, 0.05) is 17.5 Å². The summed E-state index contributed by atoms with van der Waals surface area (Å²) in [5.74, 6) is 1.84. The first-order valence-corrected chi connectivity index (χ1v) is 9.99. The minimum atomic E-state index is -0.161. The van der Waals surface area contributed by atoms with Gasteiger partial charge in [0.15, 0.2) is 0 Å². The molecule has 0 spiro atoms. The number of H-pyrrole nitrogens is 1. The normalized spacial score (nSPS) is 14.5. The molecule has 0 amide bonds. The average molecular weight is 443 g/mol. The molecule has 5 rings (SSSR count). The van der Waals surface area contributed by atoms with Gasteiger partial charge in [-0.25, -0.2) is 4.52 Å². The molecule has 1 saturated heterocycles. The molecule has 31 heavy (non-hydrogen) atoms. The summed E-state index contributed by atoms with van der Waals surface area (Å²) < 4.78 is 13.1. The molecule has 4 aromatic rings. The Labute approximate surface area is 184 Å². The van der Waals surface area contributed by atoms with Crippen molar-refractivity contribution in [2.45, 2.75) is 25.2 Å². The van der Waals surface area contributed by atoms with E-state index >= 15 is 0 Å². The number of rotatable bonds is 5. The van der Waals surface area contributed by atoms with Crippen molar-refractivity contribution in [2.24, 2.45) is 0 Å². The molecular formula is C21H23ClN6O3. The average Bonchev–Trinajstić information content (AvgIpc) is 3.41. The molecule has 1 aliphatic heterocycles. The van der Waals surface area contributed by atoms with E-state index in [4.69, 9.17) is 9.15 Å². The number of piperidine rings is 1. The summed E-state index contributed by atoms with van der Waals surface area (Å²) in [5, 5.41) is 16.2. The number of methoxy groups -OCH3 is 1. The lowest BCUT2D eigenvalue weighted by Crippen LogP contribution is -2.28. The molecule has 1 aliphatic rings. The molecule has 1 aromatic carbocycles. The molecule has 1 fully saturated rings. The fourth-order valence-corrected chi connectivity index (χ4v) is 4.02. The van der Waals surface area contributed by atoms with Crippen LogP contribution in [-0.2, 0) is 6.42 Å². The van der Waals surface area contributed by atoms with E-state index in [0.717, 1.165) is 42.9 Å². The molecule has 2 N–H and O–H groups in total. The van der Waals surface area contributed by atoms with E-state index in [0.29, 0.717) is 29.4 Å². The SMILES string of the molecule is COc1ccccc1Cc1nnc(-c2cnn3c(C4CCNCC4)cc(=O)[nH]c23)o1.Cl. The molecule has 0 aliphatic carbocycles. The number of hydrogen-bond donors (Lipinski definition) is 2. The topological polar surface area (TPSA) is 110 Å². The maximum absolute atomic E-state index is 12.4. The third kappa shape index (κ3) is 4.06. The minimum absolute atomic E-state index is 0. The molecule has 3 aromatic heterocycles. The van der Waals surface area contributed by atoms with Crippen molar-refractivity contribution in [3.63, 3.8) is 0 Å². The first kappa shape index (κ1) is 21.1. The maximum atomic E-state index is 12.4. The Hall–Kier alpha value is -3.17. The molecule has 4 heterocycles. The summed E-state index contributed by atoms with van der Waals surface area (Å²) in [7, 11) is 1.63. The van der Waals surface area contributed by atoms with Gasteiger partial charge in [-0.15, -0.1) is 22.6 Å². The van der Waals surface area contributed by atoms with Gasteiger partial charge in [0.25, 0.3) is 11.4 Å². The minimum Gasteiger partial charge on any atom is -0.496 e. The van der Waals surface area contributed by atoms with Crippen molar-refractivity contribution in [1.29, 1.82) is 0 Å². The van der Waals surface area contributed by atoms with E-state index in [2.05, 4.69) is 25.6 Å². The van der Waals surface area contributed by atoms with Gasteiger partial charge in [0.05, 0.1) is 25.4 Å². The van der Waals surface area contributed by atoms with E-state index in [-0.39, 0.29) is 23.9 Å². The van der Waals surface area contributed by atoms with Crippen LogP contribution < -0.4 is 15.6 Å². The van der Waals surface area contributed by atoms with Crippen molar-refractivity contribution >= 4 is 18.1 Å². The number of nitrogens with one attached hydrogen (secondary N) is 2. The molecule has 0 saturated carbocycles. The first-order chi connectivity index (χ1) is 14.7. The van der Waals surface area contributed by atoms with Gasteiger partial charge in [-0.05, 0) is 32.0 Å². The van der Waals surface area contributed by atoms with Crippen molar-refractivity contribution in [1.82, 2.24) is 30.1 Å². The highest BCUT2D eigenvalue weighted by atomic mass is 35.5. The molecule has 0 unspecified atom stereocenters. The highest BCUT2D eigenvalue weighted by molar-refractivity contribution is 5.85. The summed E-state index contributed by atoms with van der Waals surface area (Å²) in [6, 6.07) is 9.34. The number of ether oxygens (including phenoxy) is 1. The second kappa shape index (κ2) is 8.91. The highest BCUT2D eigenvalue weighted by Gasteiger charge is 2.22. The van der Waals surface area contributed by atoms with Crippen LogP contribution in [0.3, 0.4) is 0 Å². The number of fused-ring (bicyclic) bond motifs is 1. The summed E-state index contributed by atoms with van der Waals surface area (Å²) in [6.07, 6.45) is 4.05. The monoisotopic (exact) mass is 442 g/mol. The second-order valence-corrected chi connectivity index (χ2v) is 7.39. The number of benzene rings is 1. The predicted molar refractivity (Wildman–Crippen MR) is 117 cm³/mol. The number of hydrogen-bond acceptors (Lipinski definition) is 7. The van der Waals surface area contributed by atoms with Gasteiger partial charge in [-0.3, -0.25) is 4.79 Å². The molecule has 9 nitrogen and oxygen atoms in total. The zero-order valence-electron chi connectivity index (χ0n) is 17.0. The summed E-state index contributed by atoms with van der Waals surface area (Å²) >= 11 is 0. The van der Waals surface area contributed by atoms with Crippen molar-refractivity contribution in [2.75, 3.05) is 20.2 Å². The quantitative estimate of drug-likeness (QED) is 0.488. The van der Waals surface area contributed by atoms with E-state index in [1.165, 1.54) is 0 Å². The Morgan fingerprint density at radius 3 is 2.84 bits per heavy atom. The number of halogens is 1. The van der Waals surface area contributed by atoms with Gasteiger partial charge in [-0.2, -0.15) is 5.10 Å². The van der Waals surface area contributed by atoms with Crippen LogP contribution in [0.5, 0.6) is 5.75 Å².